The van der Waals surface area contributed by atoms with Crippen LogP contribution in [-0.4, -0.2) is 0 Å². The highest BCUT2D eigenvalue weighted by Crippen LogP contribution is 2.26. The molecule has 2 aromatic carbocycles. The van der Waals surface area contributed by atoms with Crippen LogP contribution in [0.3, 0.4) is 0 Å². The van der Waals surface area contributed by atoms with Gasteiger partial charge in [-0.1, -0.05) is 59.7 Å². The smallest absolute Gasteiger partial charge is 0.101 e. The zero-order valence-electron chi connectivity index (χ0n) is 11.5. The minimum Gasteiger partial charge on any atom is -0.192 e. The molecule has 0 saturated carbocycles. The largest absolute Gasteiger partial charge is 0.192 e. The highest BCUT2D eigenvalue weighted by atomic mass is 14.3. The van der Waals surface area contributed by atoms with Crippen molar-refractivity contribution in [2.45, 2.75) is 13.8 Å². The van der Waals surface area contributed by atoms with Gasteiger partial charge in [0.05, 0.1) is 11.1 Å². The minimum absolute atomic E-state index is 0.413. The summed E-state index contributed by atoms with van der Waals surface area (Å²) in [4.78, 5) is 0. The maximum atomic E-state index is 9.41. The molecule has 20 heavy (non-hydrogen) atoms. The minimum atomic E-state index is 0.413. The molecule has 2 nitrogen and oxygen atoms in total. The molecule has 2 heteroatoms. The van der Waals surface area contributed by atoms with Gasteiger partial charge >= 0.3 is 0 Å². The molecule has 0 fully saturated rings. The standard InChI is InChI=1S/C18H14N2/c1-13-3-7-15(8-4-13)17(11-19)18(12-20)16-9-5-14(2)6-10-16/h3-10H,1-2H3/b18-17+. The van der Waals surface area contributed by atoms with E-state index in [0.717, 1.165) is 22.3 Å². The molecule has 0 N–H and O–H groups in total. The third kappa shape index (κ3) is 2.76. The molecule has 0 aromatic heterocycles. The van der Waals surface area contributed by atoms with Gasteiger partial charge < -0.3 is 0 Å². The van der Waals surface area contributed by atoms with Crippen molar-refractivity contribution in [3.63, 3.8) is 0 Å². The summed E-state index contributed by atoms with van der Waals surface area (Å²) in [6, 6.07) is 19.6. The molecule has 0 saturated heterocycles. The number of nitrogens with zero attached hydrogens (tertiary/aromatic N) is 2. The maximum absolute atomic E-state index is 9.41. The first-order chi connectivity index (χ1) is 9.65. The van der Waals surface area contributed by atoms with Crippen molar-refractivity contribution >= 4 is 11.1 Å². The van der Waals surface area contributed by atoms with Crippen LogP contribution in [0, 0.1) is 36.5 Å². The Morgan fingerprint density at radius 1 is 0.650 bits per heavy atom. The molecule has 96 valence electrons. The van der Waals surface area contributed by atoms with Crippen LogP contribution in [0.15, 0.2) is 48.5 Å². The van der Waals surface area contributed by atoms with Crippen LogP contribution >= 0.6 is 0 Å². The molecule has 0 unspecified atom stereocenters. The molecular formula is C18H14N2. The van der Waals surface area contributed by atoms with Crippen LogP contribution in [0.25, 0.3) is 11.1 Å². The van der Waals surface area contributed by atoms with E-state index in [1.54, 1.807) is 0 Å². The molecule has 0 heterocycles. The van der Waals surface area contributed by atoms with Crippen LogP contribution in [0.1, 0.15) is 22.3 Å². The Labute approximate surface area is 119 Å². The average molecular weight is 258 g/mol. The van der Waals surface area contributed by atoms with E-state index in [4.69, 9.17) is 0 Å². The van der Waals surface area contributed by atoms with Gasteiger partial charge in [-0.15, -0.1) is 0 Å². The summed E-state index contributed by atoms with van der Waals surface area (Å²) in [5.41, 5.74) is 4.62. The SMILES string of the molecule is Cc1ccc(/C(C#N)=C(\C#N)c2ccc(C)cc2)cc1. The van der Waals surface area contributed by atoms with Crippen molar-refractivity contribution in [3.05, 3.63) is 70.8 Å². The molecule has 0 bridgehead atoms. The van der Waals surface area contributed by atoms with Crippen molar-refractivity contribution in [2.24, 2.45) is 0 Å². The lowest BCUT2D eigenvalue weighted by Crippen LogP contribution is -1.90. The molecule has 0 aliphatic carbocycles. The van der Waals surface area contributed by atoms with Gasteiger partial charge in [-0.2, -0.15) is 10.5 Å². The lowest BCUT2D eigenvalue weighted by Gasteiger charge is -2.05. The summed E-state index contributed by atoms with van der Waals surface area (Å²) in [6.07, 6.45) is 0. The average Bonchev–Trinajstić information content (AvgIpc) is 2.47. The van der Waals surface area contributed by atoms with Gasteiger partial charge in [0, 0.05) is 0 Å². The topological polar surface area (TPSA) is 47.6 Å². The third-order valence-corrected chi connectivity index (χ3v) is 3.15. The van der Waals surface area contributed by atoms with Gasteiger partial charge in [0.1, 0.15) is 12.1 Å². The number of aryl methyl sites for hydroxylation is 2. The maximum Gasteiger partial charge on any atom is 0.101 e. The number of allylic oxidation sites excluding steroid dienone is 2. The van der Waals surface area contributed by atoms with E-state index in [2.05, 4.69) is 12.1 Å². The van der Waals surface area contributed by atoms with Crippen LogP contribution in [-0.2, 0) is 0 Å². The predicted octanol–water partition coefficient (Wildman–Crippen LogP) is 4.26. The molecule has 0 radical (unpaired) electrons. The summed E-state index contributed by atoms with van der Waals surface area (Å²) in [6.45, 7) is 3.98. The fourth-order valence-electron chi connectivity index (χ4n) is 1.97. The number of nitriles is 2. The Balaban J connectivity index is 2.60. The molecule has 0 amide bonds. The monoisotopic (exact) mass is 258 g/mol. The lowest BCUT2D eigenvalue weighted by molar-refractivity contribution is 1.43. The quantitative estimate of drug-likeness (QED) is 0.596. The van der Waals surface area contributed by atoms with Crippen molar-refractivity contribution in [2.75, 3.05) is 0 Å². The molecule has 0 spiro atoms. The Hall–Kier alpha value is -2.84. The lowest BCUT2D eigenvalue weighted by atomic mass is 9.95. The number of benzene rings is 2. The van der Waals surface area contributed by atoms with Gasteiger partial charge in [0.25, 0.3) is 0 Å². The second kappa shape index (κ2) is 5.87. The fourth-order valence-corrected chi connectivity index (χ4v) is 1.97. The van der Waals surface area contributed by atoms with Crippen molar-refractivity contribution in [1.82, 2.24) is 0 Å². The normalized spacial score (nSPS) is 11.2. The Kier molecular flexibility index (Phi) is 3.99. The van der Waals surface area contributed by atoms with E-state index in [0.29, 0.717) is 11.1 Å². The van der Waals surface area contributed by atoms with E-state index < -0.39 is 0 Å². The van der Waals surface area contributed by atoms with Gasteiger partial charge in [0.2, 0.25) is 0 Å². The Bertz CT molecular complexity index is 655. The first-order valence-corrected chi connectivity index (χ1v) is 6.34. The van der Waals surface area contributed by atoms with Crippen LogP contribution in [0.2, 0.25) is 0 Å². The summed E-state index contributed by atoms with van der Waals surface area (Å²) in [5.74, 6) is 0. The van der Waals surface area contributed by atoms with E-state index >= 15 is 0 Å². The summed E-state index contributed by atoms with van der Waals surface area (Å²) < 4.78 is 0. The molecule has 2 aromatic rings. The zero-order chi connectivity index (χ0) is 14.5. The predicted molar refractivity (Wildman–Crippen MR) is 80.4 cm³/mol. The first-order valence-electron chi connectivity index (χ1n) is 6.34. The number of hydrogen-bond donors (Lipinski definition) is 0. The van der Waals surface area contributed by atoms with Crippen molar-refractivity contribution < 1.29 is 0 Å². The van der Waals surface area contributed by atoms with E-state index in [-0.39, 0.29) is 0 Å². The molecule has 0 atom stereocenters. The van der Waals surface area contributed by atoms with E-state index in [1.807, 2.05) is 62.4 Å². The zero-order valence-corrected chi connectivity index (χ0v) is 11.5. The van der Waals surface area contributed by atoms with Crippen molar-refractivity contribution in [3.8, 4) is 12.1 Å². The second-order valence-electron chi connectivity index (χ2n) is 4.71. The van der Waals surface area contributed by atoms with Gasteiger partial charge in [0.15, 0.2) is 0 Å². The van der Waals surface area contributed by atoms with Crippen LogP contribution < -0.4 is 0 Å². The molecule has 2 rings (SSSR count). The van der Waals surface area contributed by atoms with Crippen LogP contribution in [0.5, 0.6) is 0 Å². The third-order valence-electron chi connectivity index (χ3n) is 3.15. The first kappa shape index (κ1) is 13.6. The van der Waals surface area contributed by atoms with E-state index in [9.17, 15) is 10.5 Å². The van der Waals surface area contributed by atoms with Gasteiger partial charge in [-0.3, -0.25) is 0 Å². The number of rotatable bonds is 2. The summed E-state index contributed by atoms with van der Waals surface area (Å²) >= 11 is 0. The Morgan fingerprint density at radius 2 is 0.950 bits per heavy atom. The second-order valence-corrected chi connectivity index (χ2v) is 4.71. The van der Waals surface area contributed by atoms with Gasteiger partial charge in [-0.05, 0) is 25.0 Å². The Morgan fingerprint density at radius 3 is 1.20 bits per heavy atom. The molecular weight excluding hydrogens is 244 g/mol. The summed E-state index contributed by atoms with van der Waals surface area (Å²) in [7, 11) is 0. The van der Waals surface area contributed by atoms with Crippen molar-refractivity contribution in [1.29, 1.82) is 10.5 Å². The highest BCUT2D eigenvalue weighted by Gasteiger charge is 2.11. The summed E-state index contributed by atoms with van der Waals surface area (Å²) in [5, 5.41) is 18.8. The highest BCUT2D eigenvalue weighted by molar-refractivity contribution is 6.02. The van der Waals surface area contributed by atoms with E-state index in [1.165, 1.54) is 0 Å². The fraction of sp³-hybridized carbons (Fsp3) is 0.111. The van der Waals surface area contributed by atoms with Gasteiger partial charge in [-0.25, -0.2) is 0 Å². The molecule has 0 aliphatic heterocycles. The van der Waals surface area contributed by atoms with Crippen LogP contribution in [0.4, 0.5) is 0 Å². The number of hydrogen-bond acceptors (Lipinski definition) is 2. The molecule has 0 aliphatic rings.